The lowest BCUT2D eigenvalue weighted by Gasteiger charge is -2.26. The maximum atomic E-state index is 11.2. The van der Waals surface area contributed by atoms with E-state index in [-0.39, 0.29) is 11.8 Å². The highest BCUT2D eigenvalue weighted by Gasteiger charge is 2.27. The van der Waals surface area contributed by atoms with E-state index in [4.69, 9.17) is 10.3 Å². The van der Waals surface area contributed by atoms with Crippen molar-refractivity contribution < 1.29 is 14.2 Å². The van der Waals surface area contributed by atoms with Gasteiger partial charge in [0.2, 0.25) is 11.7 Å². The largest absolute Gasteiger partial charge is 0.369 e. The van der Waals surface area contributed by atoms with Crippen molar-refractivity contribution in [2.75, 3.05) is 13.1 Å². The quantitative estimate of drug-likeness (QED) is 0.837. The molecule has 1 aliphatic heterocycles. The number of carbonyl (C=O) groups is 1. The van der Waals surface area contributed by atoms with E-state index >= 15 is 0 Å². The SMILES string of the molecule is NC(=O)C1CC[NH+](Cc2nc(-c3cccc(Br)c3)no2)CC1. The predicted molar refractivity (Wildman–Crippen MR) is 83.8 cm³/mol. The molecule has 0 spiro atoms. The van der Waals surface area contributed by atoms with Crippen LogP contribution in [0.1, 0.15) is 18.7 Å². The second-order valence-electron chi connectivity index (χ2n) is 5.63. The lowest BCUT2D eigenvalue weighted by atomic mass is 9.96. The van der Waals surface area contributed by atoms with E-state index in [1.165, 1.54) is 4.90 Å². The zero-order valence-electron chi connectivity index (χ0n) is 12.1. The van der Waals surface area contributed by atoms with Gasteiger partial charge in [-0.3, -0.25) is 4.79 Å². The first-order chi connectivity index (χ1) is 10.6. The number of nitrogens with one attached hydrogen (secondary N) is 1. The maximum Gasteiger partial charge on any atom is 0.282 e. The fourth-order valence-electron chi connectivity index (χ4n) is 2.77. The molecule has 1 amide bonds. The van der Waals surface area contributed by atoms with Gasteiger partial charge in [-0.25, -0.2) is 0 Å². The van der Waals surface area contributed by atoms with Crippen molar-refractivity contribution in [2.45, 2.75) is 19.4 Å². The summed E-state index contributed by atoms with van der Waals surface area (Å²) in [6.45, 7) is 2.50. The van der Waals surface area contributed by atoms with Crippen LogP contribution in [0.3, 0.4) is 0 Å². The van der Waals surface area contributed by atoms with Crippen LogP contribution in [0, 0.1) is 5.92 Å². The van der Waals surface area contributed by atoms with Crippen LogP contribution in [0.5, 0.6) is 0 Å². The van der Waals surface area contributed by atoms with Crippen LogP contribution in [0.4, 0.5) is 0 Å². The van der Waals surface area contributed by atoms with Crippen LogP contribution < -0.4 is 10.6 Å². The van der Waals surface area contributed by atoms with Gasteiger partial charge in [0.05, 0.1) is 13.1 Å². The van der Waals surface area contributed by atoms with Gasteiger partial charge in [-0.2, -0.15) is 4.98 Å². The van der Waals surface area contributed by atoms with Crippen molar-refractivity contribution in [3.63, 3.8) is 0 Å². The molecule has 3 N–H and O–H groups in total. The smallest absolute Gasteiger partial charge is 0.282 e. The Labute approximate surface area is 136 Å². The van der Waals surface area contributed by atoms with E-state index in [2.05, 4.69) is 26.1 Å². The van der Waals surface area contributed by atoms with Crippen molar-refractivity contribution in [1.29, 1.82) is 0 Å². The Morgan fingerprint density at radius 3 is 2.86 bits per heavy atom. The van der Waals surface area contributed by atoms with Gasteiger partial charge in [0, 0.05) is 28.8 Å². The highest BCUT2D eigenvalue weighted by Crippen LogP contribution is 2.20. The van der Waals surface area contributed by atoms with E-state index < -0.39 is 0 Å². The summed E-state index contributed by atoms with van der Waals surface area (Å²) in [5.74, 6) is 1.06. The average molecular weight is 366 g/mol. The number of nitrogens with two attached hydrogens (primary N) is 1. The van der Waals surface area contributed by atoms with Gasteiger partial charge < -0.3 is 15.2 Å². The maximum absolute atomic E-state index is 11.2. The fraction of sp³-hybridized carbons (Fsp3) is 0.400. The number of halogens is 1. The predicted octanol–water partition coefficient (Wildman–Crippen LogP) is 0.779. The first-order valence-electron chi connectivity index (χ1n) is 7.33. The first-order valence-corrected chi connectivity index (χ1v) is 8.12. The molecule has 6 nitrogen and oxygen atoms in total. The summed E-state index contributed by atoms with van der Waals surface area (Å²) in [6, 6.07) is 7.80. The molecule has 2 heterocycles. The van der Waals surface area contributed by atoms with Gasteiger partial charge in [0.25, 0.3) is 5.89 Å². The molecule has 0 unspecified atom stereocenters. The minimum atomic E-state index is -0.186. The summed E-state index contributed by atoms with van der Waals surface area (Å²) in [5.41, 5.74) is 6.28. The molecule has 116 valence electrons. The Kier molecular flexibility index (Phi) is 4.54. The number of piperidine rings is 1. The Bertz CT molecular complexity index is 665. The number of carbonyl (C=O) groups excluding carboxylic acids is 1. The molecule has 0 radical (unpaired) electrons. The van der Waals surface area contributed by atoms with Crippen molar-refractivity contribution in [1.82, 2.24) is 10.1 Å². The molecular weight excluding hydrogens is 348 g/mol. The standard InChI is InChI=1S/C15H17BrN4O2/c16-12-3-1-2-11(8-12)15-18-13(22-19-15)9-20-6-4-10(5-7-20)14(17)21/h1-3,8,10H,4-7,9H2,(H2,17,21)/p+1. The average Bonchev–Trinajstić information content (AvgIpc) is 2.96. The molecule has 1 aliphatic rings. The number of quaternary nitrogens is 1. The zero-order chi connectivity index (χ0) is 15.5. The molecule has 3 rings (SSSR count). The lowest BCUT2D eigenvalue weighted by molar-refractivity contribution is -0.920. The van der Waals surface area contributed by atoms with Crippen LogP contribution in [-0.4, -0.2) is 29.1 Å². The van der Waals surface area contributed by atoms with Crippen LogP contribution in [0.15, 0.2) is 33.3 Å². The normalized spacial score (nSPS) is 21.7. The number of hydrogen-bond acceptors (Lipinski definition) is 4. The molecule has 0 saturated carbocycles. The molecule has 0 bridgehead atoms. The Hall–Kier alpha value is -1.73. The summed E-state index contributed by atoms with van der Waals surface area (Å²) in [4.78, 5) is 17.0. The third-order valence-corrected chi connectivity index (χ3v) is 4.54. The number of nitrogens with zero attached hydrogens (tertiary/aromatic N) is 2. The van der Waals surface area contributed by atoms with E-state index in [0.29, 0.717) is 18.3 Å². The van der Waals surface area contributed by atoms with E-state index in [1.54, 1.807) is 0 Å². The van der Waals surface area contributed by atoms with E-state index in [0.717, 1.165) is 36.0 Å². The number of rotatable bonds is 4. The van der Waals surface area contributed by atoms with Crippen LogP contribution in [-0.2, 0) is 11.3 Å². The number of aromatic nitrogens is 2. The Balaban J connectivity index is 1.62. The van der Waals surface area contributed by atoms with Gasteiger partial charge in [0.15, 0.2) is 6.54 Å². The molecule has 0 atom stereocenters. The molecular formula is C15H18BrN4O2+. The van der Waals surface area contributed by atoms with Gasteiger partial charge in [-0.05, 0) is 12.1 Å². The summed E-state index contributed by atoms with van der Waals surface area (Å²) in [5, 5.41) is 4.04. The number of amides is 1. The van der Waals surface area contributed by atoms with Crippen molar-refractivity contribution in [2.24, 2.45) is 11.7 Å². The lowest BCUT2D eigenvalue weighted by Crippen LogP contribution is -3.11. The number of hydrogen-bond donors (Lipinski definition) is 2. The van der Waals surface area contributed by atoms with E-state index in [1.807, 2.05) is 24.3 Å². The Morgan fingerprint density at radius 1 is 1.41 bits per heavy atom. The van der Waals surface area contributed by atoms with Gasteiger partial charge >= 0.3 is 0 Å². The molecule has 1 saturated heterocycles. The summed E-state index contributed by atoms with van der Waals surface area (Å²) >= 11 is 3.44. The number of likely N-dealkylation sites (tertiary alicyclic amines) is 1. The second kappa shape index (κ2) is 6.58. The monoisotopic (exact) mass is 365 g/mol. The highest BCUT2D eigenvalue weighted by atomic mass is 79.9. The second-order valence-corrected chi connectivity index (χ2v) is 6.54. The third-order valence-electron chi connectivity index (χ3n) is 4.05. The fourth-order valence-corrected chi connectivity index (χ4v) is 3.17. The molecule has 7 heteroatoms. The van der Waals surface area contributed by atoms with Gasteiger partial charge in [0.1, 0.15) is 0 Å². The summed E-state index contributed by atoms with van der Waals surface area (Å²) in [6.07, 6.45) is 1.66. The molecule has 2 aromatic rings. The van der Waals surface area contributed by atoms with Crippen LogP contribution in [0.2, 0.25) is 0 Å². The summed E-state index contributed by atoms with van der Waals surface area (Å²) < 4.78 is 6.33. The van der Waals surface area contributed by atoms with E-state index in [9.17, 15) is 4.79 Å². The molecule has 1 aromatic heterocycles. The minimum Gasteiger partial charge on any atom is -0.369 e. The first kappa shape index (κ1) is 15.2. The van der Waals surface area contributed by atoms with Gasteiger partial charge in [-0.15, -0.1) is 0 Å². The molecule has 1 fully saturated rings. The number of benzene rings is 1. The molecule has 1 aromatic carbocycles. The third kappa shape index (κ3) is 3.53. The van der Waals surface area contributed by atoms with Crippen LogP contribution in [0.25, 0.3) is 11.4 Å². The van der Waals surface area contributed by atoms with Crippen molar-refractivity contribution >= 4 is 21.8 Å². The highest BCUT2D eigenvalue weighted by molar-refractivity contribution is 9.10. The Morgan fingerprint density at radius 2 is 2.18 bits per heavy atom. The number of primary amides is 1. The summed E-state index contributed by atoms with van der Waals surface area (Å²) in [7, 11) is 0. The minimum absolute atomic E-state index is 0.0173. The van der Waals surface area contributed by atoms with Crippen molar-refractivity contribution in [3.05, 3.63) is 34.6 Å². The van der Waals surface area contributed by atoms with Crippen molar-refractivity contribution in [3.8, 4) is 11.4 Å². The van der Waals surface area contributed by atoms with Gasteiger partial charge in [-0.1, -0.05) is 33.2 Å². The molecule has 22 heavy (non-hydrogen) atoms. The molecule has 0 aliphatic carbocycles. The topological polar surface area (TPSA) is 86.5 Å². The van der Waals surface area contributed by atoms with Crippen LogP contribution >= 0.6 is 15.9 Å². The zero-order valence-corrected chi connectivity index (χ0v) is 13.7.